The third-order valence-corrected chi connectivity index (χ3v) is 5.63. The van der Waals surface area contributed by atoms with Gasteiger partial charge in [0, 0.05) is 25.8 Å². The highest BCUT2D eigenvalue weighted by Crippen LogP contribution is 2.33. The largest absolute Gasteiger partial charge is 0.372 e. The molecule has 2 aromatic carbocycles. The van der Waals surface area contributed by atoms with Gasteiger partial charge in [-0.1, -0.05) is 42.5 Å². The minimum Gasteiger partial charge on any atom is -0.372 e. The Labute approximate surface area is 148 Å². The zero-order valence-electron chi connectivity index (χ0n) is 14.4. The molecule has 4 heteroatoms. The number of fused-ring (bicyclic) bond motifs is 2. The number of likely N-dealkylation sites (tertiary alicyclic amines) is 1. The van der Waals surface area contributed by atoms with E-state index < -0.39 is 0 Å². The molecule has 4 nitrogen and oxygen atoms in total. The molecule has 1 aromatic heterocycles. The van der Waals surface area contributed by atoms with Crippen LogP contribution in [0.3, 0.4) is 0 Å². The van der Waals surface area contributed by atoms with Crippen molar-refractivity contribution in [2.45, 2.75) is 32.0 Å². The minimum atomic E-state index is 0.623. The molecule has 0 saturated carbocycles. The molecular weight excluding hydrogens is 310 g/mol. The van der Waals surface area contributed by atoms with E-state index in [0.29, 0.717) is 12.5 Å². The first-order valence-corrected chi connectivity index (χ1v) is 9.19. The molecule has 0 amide bonds. The molecule has 3 heterocycles. The van der Waals surface area contributed by atoms with Crippen molar-refractivity contribution in [3.8, 4) is 0 Å². The number of ether oxygens (including phenoxy) is 1. The average molecular weight is 333 g/mol. The Bertz CT molecular complexity index is 896. The standard InChI is InChI=1S/C21H23N3O/c1-2-6-19-16(4-1)5-3-7-20(19)17-8-9-23(13-17)14-18-12-22-21-15-25-11-10-24(18)21/h1-7,12,17H,8-11,13-15H2. The second kappa shape index (κ2) is 6.28. The fourth-order valence-electron chi connectivity index (χ4n) is 4.35. The highest BCUT2D eigenvalue weighted by molar-refractivity contribution is 5.86. The Morgan fingerprint density at radius 3 is 3.00 bits per heavy atom. The lowest BCUT2D eigenvalue weighted by molar-refractivity contribution is 0.0798. The lowest BCUT2D eigenvalue weighted by atomic mass is 9.93. The first-order chi connectivity index (χ1) is 12.4. The first-order valence-electron chi connectivity index (χ1n) is 9.19. The monoisotopic (exact) mass is 333 g/mol. The van der Waals surface area contributed by atoms with E-state index in [1.54, 1.807) is 0 Å². The summed E-state index contributed by atoms with van der Waals surface area (Å²) in [4.78, 5) is 7.10. The molecule has 1 atom stereocenters. The van der Waals surface area contributed by atoms with Crippen molar-refractivity contribution < 1.29 is 4.74 Å². The van der Waals surface area contributed by atoms with Gasteiger partial charge in [-0.2, -0.15) is 0 Å². The van der Waals surface area contributed by atoms with Crippen LogP contribution in [0.5, 0.6) is 0 Å². The third-order valence-electron chi connectivity index (χ3n) is 5.63. The van der Waals surface area contributed by atoms with Crippen molar-refractivity contribution in [1.82, 2.24) is 14.5 Å². The molecule has 128 valence electrons. The number of rotatable bonds is 3. The van der Waals surface area contributed by atoms with Crippen molar-refractivity contribution in [3.05, 3.63) is 65.7 Å². The van der Waals surface area contributed by atoms with Crippen LogP contribution in [0.25, 0.3) is 10.8 Å². The molecule has 0 aliphatic carbocycles. The number of benzene rings is 2. The summed E-state index contributed by atoms with van der Waals surface area (Å²) < 4.78 is 7.84. The second-order valence-electron chi connectivity index (χ2n) is 7.16. The van der Waals surface area contributed by atoms with E-state index in [1.807, 2.05) is 6.20 Å². The third kappa shape index (κ3) is 2.75. The molecular formula is C21H23N3O. The van der Waals surface area contributed by atoms with Gasteiger partial charge in [0.25, 0.3) is 0 Å². The summed E-state index contributed by atoms with van der Waals surface area (Å²) in [6.07, 6.45) is 3.27. The normalized spacial score (nSPS) is 20.9. The number of aromatic nitrogens is 2. The highest BCUT2D eigenvalue weighted by atomic mass is 16.5. The average Bonchev–Trinajstić information content (AvgIpc) is 3.29. The lowest BCUT2D eigenvalue weighted by Crippen LogP contribution is -2.24. The van der Waals surface area contributed by atoms with Gasteiger partial charge < -0.3 is 9.30 Å². The van der Waals surface area contributed by atoms with E-state index in [4.69, 9.17) is 4.74 Å². The predicted molar refractivity (Wildman–Crippen MR) is 98.5 cm³/mol. The van der Waals surface area contributed by atoms with Gasteiger partial charge in [0.15, 0.2) is 0 Å². The Balaban J connectivity index is 1.35. The molecule has 2 aliphatic heterocycles. The Morgan fingerprint density at radius 2 is 2.00 bits per heavy atom. The minimum absolute atomic E-state index is 0.623. The molecule has 3 aromatic rings. The van der Waals surface area contributed by atoms with Crippen LogP contribution in [0.2, 0.25) is 0 Å². The van der Waals surface area contributed by atoms with Gasteiger partial charge >= 0.3 is 0 Å². The Kier molecular flexibility index (Phi) is 3.80. The van der Waals surface area contributed by atoms with Gasteiger partial charge in [-0.05, 0) is 35.2 Å². The number of hydrogen-bond donors (Lipinski definition) is 0. The van der Waals surface area contributed by atoms with Gasteiger partial charge in [-0.15, -0.1) is 0 Å². The van der Waals surface area contributed by atoms with Crippen molar-refractivity contribution in [2.24, 2.45) is 0 Å². The summed E-state index contributed by atoms with van der Waals surface area (Å²) in [5, 5.41) is 2.76. The molecule has 2 aliphatic rings. The van der Waals surface area contributed by atoms with Crippen molar-refractivity contribution in [1.29, 1.82) is 0 Å². The Morgan fingerprint density at radius 1 is 1.08 bits per heavy atom. The highest BCUT2D eigenvalue weighted by Gasteiger charge is 2.26. The molecule has 1 unspecified atom stereocenters. The maximum Gasteiger partial charge on any atom is 0.135 e. The number of imidazole rings is 1. The van der Waals surface area contributed by atoms with Gasteiger partial charge in [0.05, 0.1) is 12.3 Å². The fourth-order valence-corrected chi connectivity index (χ4v) is 4.35. The van der Waals surface area contributed by atoms with Crippen LogP contribution in [0.1, 0.15) is 29.4 Å². The van der Waals surface area contributed by atoms with Crippen LogP contribution in [0.15, 0.2) is 48.7 Å². The van der Waals surface area contributed by atoms with E-state index >= 15 is 0 Å². The predicted octanol–water partition coefficient (Wildman–Crippen LogP) is 3.56. The quantitative estimate of drug-likeness (QED) is 0.734. The maximum absolute atomic E-state index is 5.50. The summed E-state index contributed by atoms with van der Waals surface area (Å²) in [7, 11) is 0. The molecule has 0 spiro atoms. The molecule has 1 saturated heterocycles. The van der Waals surface area contributed by atoms with Crippen LogP contribution in [-0.4, -0.2) is 34.1 Å². The van der Waals surface area contributed by atoms with Crippen LogP contribution in [0.4, 0.5) is 0 Å². The summed E-state index contributed by atoms with van der Waals surface area (Å²) in [6.45, 7) is 5.67. The molecule has 0 bridgehead atoms. The Hall–Kier alpha value is -2.17. The molecule has 1 fully saturated rings. The van der Waals surface area contributed by atoms with Crippen LogP contribution in [-0.2, 0) is 24.4 Å². The zero-order valence-corrected chi connectivity index (χ0v) is 14.4. The number of nitrogens with zero attached hydrogens (tertiary/aromatic N) is 3. The van der Waals surface area contributed by atoms with Crippen molar-refractivity contribution in [2.75, 3.05) is 19.7 Å². The fraction of sp³-hybridized carbons (Fsp3) is 0.381. The van der Waals surface area contributed by atoms with Gasteiger partial charge in [0.2, 0.25) is 0 Å². The molecule has 0 N–H and O–H groups in total. The van der Waals surface area contributed by atoms with Gasteiger partial charge in [-0.25, -0.2) is 4.98 Å². The molecule has 0 radical (unpaired) electrons. The van der Waals surface area contributed by atoms with Gasteiger partial charge in [-0.3, -0.25) is 4.90 Å². The van der Waals surface area contributed by atoms with Crippen LogP contribution >= 0.6 is 0 Å². The summed E-state index contributed by atoms with van der Waals surface area (Å²) in [5.41, 5.74) is 2.83. The maximum atomic E-state index is 5.50. The van der Waals surface area contributed by atoms with E-state index in [2.05, 4.69) is 56.9 Å². The van der Waals surface area contributed by atoms with E-state index in [-0.39, 0.29) is 0 Å². The first kappa shape index (κ1) is 15.1. The van der Waals surface area contributed by atoms with Gasteiger partial charge in [0.1, 0.15) is 12.4 Å². The number of hydrogen-bond acceptors (Lipinski definition) is 3. The van der Waals surface area contributed by atoms with Crippen molar-refractivity contribution >= 4 is 10.8 Å². The summed E-state index contributed by atoms with van der Waals surface area (Å²) >= 11 is 0. The topological polar surface area (TPSA) is 30.3 Å². The van der Waals surface area contributed by atoms with E-state index in [1.165, 1.54) is 28.5 Å². The molecule has 5 rings (SSSR count). The van der Waals surface area contributed by atoms with Crippen LogP contribution in [0, 0.1) is 0 Å². The van der Waals surface area contributed by atoms with Crippen LogP contribution < -0.4 is 0 Å². The second-order valence-corrected chi connectivity index (χ2v) is 7.16. The lowest BCUT2D eigenvalue weighted by Gasteiger charge is -2.21. The van der Waals surface area contributed by atoms with E-state index in [9.17, 15) is 0 Å². The van der Waals surface area contributed by atoms with Crippen molar-refractivity contribution in [3.63, 3.8) is 0 Å². The molecule has 25 heavy (non-hydrogen) atoms. The summed E-state index contributed by atoms with van der Waals surface area (Å²) in [6, 6.07) is 15.5. The van der Waals surface area contributed by atoms with E-state index in [0.717, 1.165) is 38.6 Å². The SMILES string of the molecule is c1ccc2c(C3CCN(Cc4cnc5n4CCOC5)C3)cccc2c1. The smallest absolute Gasteiger partial charge is 0.135 e. The summed E-state index contributed by atoms with van der Waals surface area (Å²) in [5.74, 6) is 1.70. The zero-order chi connectivity index (χ0) is 16.6.